The van der Waals surface area contributed by atoms with E-state index in [1.54, 1.807) is 34.6 Å². The topological polar surface area (TPSA) is 189 Å². The standard InChI is InChI=1S/C48H90N2O12/c1-15-17-18-19-20-21-22-23-24-25-49-38-29(3)27-46(9,55)43(62-45-39(51)35(50(12)13)26-30(4)58-45)32(6)40(61-37-28-47(10,57-14)42(53)34(8)59-37)33(7)44(54)60-36(16-2)48(11,56)41(52)31(38)5/h15,29-43,45,49,51-53,55-56H,1,16-28H2,2-14H3/t29-,30?,31+,32+,33-,34?,35?,36-,37?,38+,39?,40+,41-,42?,43-,45?,46-,47?,48-/m1/s1. The third-order valence-corrected chi connectivity index (χ3v) is 14.6. The van der Waals surface area contributed by atoms with Crippen molar-refractivity contribution >= 4 is 5.97 Å². The molecule has 8 unspecified atom stereocenters. The zero-order valence-corrected chi connectivity index (χ0v) is 40.8. The summed E-state index contributed by atoms with van der Waals surface area (Å²) in [7, 11) is 5.31. The van der Waals surface area contributed by atoms with Gasteiger partial charge in [-0.1, -0.05) is 65.9 Å². The number of hydrogen-bond donors (Lipinski definition) is 6. The molecule has 3 heterocycles. The first-order chi connectivity index (χ1) is 29.0. The molecule has 3 fully saturated rings. The monoisotopic (exact) mass is 887 g/mol. The summed E-state index contributed by atoms with van der Waals surface area (Å²) in [5, 5.41) is 63.6. The molecule has 3 aliphatic rings. The van der Waals surface area contributed by atoms with Crippen molar-refractivity contribution in [3.63, 3.8) is 0 Å². The van der Waals surface area contributed by atoms with Crippen molar-refractivity contribution in [3.05, 3.63) is 12.7 Å². The second kappa shape index (κ2) is 24.5. The Morgan fingerprint density at radius 3 is 2.06 bits per heavy atom. The smallest absolute Gasteiger partial charge is 0.311 e. The maximum Gasteiger partial charge on any atom is 0.311 e. The number of ether oxygens (including phenoxy) is 6. The van der Waals surface area contributed by atoms with E-state index >= 15 is 0 Å². The first-order valence-corrected chi connectivity index (χ1v) is 23.8. The Balaban J connectivity index is 2.10. The number of rotatable bonds is 18. The van der Waals surface area contributed by atoms with Crippen LogP contribution in [0.5, 0.6) is 0 Å². The predicted octanol–water partition coefficient (Wildman–Crippen LogP) is 5.48. The van der Waals surface area contributed by atoms with E-state index in [0.29, 0.717) is 13.0 Å². The molecule has 364 valence electrons. The Kier molecular flexibility index (Phi) is 21.7. The Hall–Kier alpha value is -1.27. The van der Waals surface area contributed by atoms with Crippen LogP contribution < -0.4 is 5.32 Å². The average Bonchev–Trinajstić information content (AvgIpc) is 3.21. The SMILES string of the molecule is C=CCCCCCCCCCN[C@@H]1[C@H](C)[C@@H](O)[C@](C)(O)[C@@H](CC)OC(=O)[C@H](C)[C@@H](OC2CC(C)(OC)C(O)C(C)O2)[C@H](C)[C@@H](OC2OC(C)CC(N(C)C)C2O)[C@](C)(O)C[C@H]1C. The van der Waals surface area contributed by atoms with Gasteiger partial charge in [0.2, 0.25) is 0 Å². The van der Waals surface area contributed by atoms with Gasteiger partial charge in [-0.15, -0.1) is 6.58 Å². The van der Waals surface area contributed by atoms with Crippen LogP contribution in [0, 0.1) is 23.7 Å². The Morgan fingerprint density at radius 1 is 0.871 bits per heavy atom. The van der Waals surface area contributed by atoms with Crippen molar-refractivity contribution in [1.82, 2.24) is 10.2 Å². The van der Waals surface area contributed by atoms with E-state index in [1.165, 1.54) is 39.7 Å². The number of methoxy groups -OCH3 is 1. The highest BCUT2D eigenvalue weighted by Gasteiger charge is 2.53. The second-order valence-electron chi connectivity index (χ2n) is 20.2. The van der Waals surface area contributed by atoms with Crippen LogP contribution in [0.3, 0.4) is 0 Å². The number of aliphatic hydroxyl groups excluding tert-OH is 3. The molecule has 0 bridgehead atoms. The maximum atomic E-state index is 14.4. The van der Waals surface area contributed by atoms with Crippen molar-refractivity contribution in [2.24, 2.45) is 23.7 Å². The van der Waals surface area contributed by atoms with Crippen LogP contribution in [-0.4, -0.2) is 154 Å². The van der Waals surface area contributed by atoms with Crippen LogP contribution in [0.4, 0.5) is 0 Å². The predicted molar refractivity (Wildman–Crippen MR) is 240 cm³/mol. The molecule has 0 radical (unpaired) electrons. The molecular formula is C48H90N2O12. The summed E-state index contributed by atoms with van der Waals surface area (Å²) in [5.74, 6) is -3.28. The minimum Gasteiger partial charge on any atom is -0.459 e. The number of carbonyl (C=O) groups excluding carboxylic acids is 1. The zero-order valence-electron chi connectivity index (χ0n) is 40.8. The molecule has 0 aromatic heterocycles. The van der Waals surface area contributed by atoms with Crippen LogP contribution in [0.25, 0.3) is 0 Å². The van der Waals surface area contributed by atoms with Gasteiger partial charge in [-0.2, -0.15) is 0 Å². The van der Waals surface area contributed by atoms with Gasteiger partial charge in [-0.05, 0) is 107 Å². The highest BCUT2D eigenvalue weighted by Crippen LogP contribution is 2.41. The average molecular weight is 887 g/mol. The number of esters is 1. The summed E-state index contributed by atoms with van der Waals surface area (Å²) in [6.45, 7) is 22.4. The van der Waals surface area contributed by atoms with Crippen molar-refractivity contribution < 1.29 is 58.7 Å². The normalized spacial score (nSPS) is 44.1. The number of carbonyl (C=O) groups is 1. The molecule has 14 nitrogen and oxygen atoms in total. The van der Waals surface area contributed by atoms with E-state index in [-0.39, 0.29) is 43.4 Å². The van der Waals surface area contributed by atoms with Crippen molar-refractivity contribution in [2.75, 3.05) is 27.7 Å². The molecule has 3 saturated heterocycles. The molecule has 0 amide bonds. The summed E-state index contributed by atoms with van der Waals surface area (Å²) in [5.41, 5.74) is -4.49. The van der Waals surface area contributed by atoms with E-state index in [1.807, 2.05) is 52.8 Å². The van der Waals surface area contributed by atoms with Crippen molar-refractivity contribution in [1.29, 1.82) is 0 Å². The lowest BCUT2D eigenvalue weighted by Gasteiger charge is -2.49. The maximum absolute atomic E-state index is 14.4. The zero-order chi connectivity index (χ0) is 46.7. The molecule has 6 N–H and O–H groups in total. The van der Waals surface area contributed by atoms with Crippen LogP contribution in [0.15, 0.2) is 12.7 Å². The molecular weight excluding hydrogens is 797 g/mol. The van der Waals surface area contributed by atoms with Crippen molar-refractivity contribution in [2.45, 2.75) is 237 Å². The van der Waals surface area contributed by atoms with E-state index in [4.69, 9.17) is 28.4 Å². The minimum absolute atomic E-state index is 0.130. The number of cyclic esters (lactones) is 1. The molecule has 3 aliphatic heterocycles. The molecule has 0 spiro atoms. The van der Waals surface area contributed by atoms with Gasteiger partial charge in [-0.25, -0.2) is 0 Å². The lowest BCUT2D eigenvalue weighted by molar-refractivity contribution is -0.318. The van der Waals surface area contributed by atoms with Gasteiger partial charge in [-0.3, -0.25) is 4.79 Å². The van der Waals surface area contributed by atoms with E-state index in [0.717, 1.165) is 25.7 Å². The number of hydrogen-bond acceptors (Lipinski definition) is 14. The van der Waals surface area contributed by atoms with Crippen molar-refractivity contribution in [3.8, 4) is 0 Å². The lowest BCUT2D eigenvalue weighted by Crippen LogP contribution is -2.62. The highest BCUT2D eigenvalue weighted by atomic mass is 16.7. The summed E-state index contributed by atoms with van der Waals surface area (Å²) in [6, 6.07) is -0.672. The Labute approximate surface area is 374 Å². The fourth-order valence-corrected chi connectivity index (χ4v) is 10.6. The molecule has 0 aromatic rings. The van der Waals surface area contributed by atoms with Gasteiger partial charge in [0.15, 0.2) is 12.6 Å². The first-order valence-electron chi connectivity index (χ1n) is 23.8. The quantitative estimate of drug-likeness (QED) is 0.0577. The molecule has 19 atom stereocenters. The largest absolute Gasteiger partial charge is 0.459 e. The first kappa shape index (κ1) is 55.1. The summed E-state index contributed by atoms with van der Waals surface area (Å²) < 4.78 is 38.1. The van der Waals surface area contributed by atoms with Gasteiger partial charge in [0, 0.05) is 37.5 Å². The van der Waals surface area contributed by atoms with E-state index < -0.39 is 95.8 Å². The number of aliphatic hydroxyl groups is 5. The summed E-state index contributed by atoms with van der Waals surface area (Å²) >= 11 is 0. The van der Waals surface area contributed by atoms with Gasteiger partial charge < -0.3 is 64.2 Å². The van der Waals surface area contributed by atoms with Gasteiger partial charge in [0.05, 0.1) is 47.6 Å². The number of nitrogens with one attached hydrogen (secondary N) is 1. The molecule has 0 aliphatic carbocycles. The van der Waals surface area contributed by atoms with Crippen LogP contribution in [0.1, 0.15) is 146 Å². The third kappa shape index (κ3) is 14.1. The molecule has 0 saturated carbocycles. The summed E-state index contributed by atoms with van der Waals surface area (Å²) in [4.78, 5) is 16.4. The second-order valence-corrected chi connectivity index (χ2v) is 20.2. The van der Waals surface area contributed by atoms with Gasteiger partial charge >= 0.3 is 5.97 Å². The van der Waals surface area contributed by atoms with Crippen LogP contribution in [-0.2, 0) is 33.2 Å². The number of nitrogens with zero attached hydrogens (tertiary/aromatic N) is 1. The van der Waals surface area contributed by atoms with Gasteiger partial charge in [0.1, 0.15) is 23.9 Å². The molecule has 62 heavy (non-hydrogen) atoms. The Bertz CT molecular complexity index is 1340. The van der Waals surface area contributed by atoms with Crippen LogP contribution >= 0.6 is 0 Å². The minimum atomic E-state index is -1.83. The fraction of sp³-hybridized carbons (Fsp3) is 0.938. The lowest BCUT2D eigenvalue weighted by atomic mass is 9.72. The highest BCUT2D eigenvalue weighted by molar-refractivity contribution is 5.73. The fourth-order valence-electron chi connectivity index (χ4n) is 10.6. The van der Waals surface area contributed by atoms with Gasteiger partial charge in [0.25, 0.3) is 0 Å². The summed E-state index contributed by atoms with van der Waals surface area (Å²) in [6.07, 6.45) is 2.42. The molecule has 14 heteroatoms. The van der Waals surface area contributed by atoms with E-state index in [9.17, 15) is 30.3 Å². The molecule has 0 aromatic carbocycles. The Morgan fingerprint density at radius 2 is 1.48 bits per heavy atom. The number of unbranched alkanes of at least 4 members (excludes halogenated alkanes) is 7. The van der Waals surface area contributed by atoms with Crippen LogP contribution in [0.2, 0.25) is 0 Å². The molecule has 3 rings (SSSR count). The third-order valence-electron chi connectivity index (χ3n) is 14.6. The number of likely N-dealkylation sites (N-methyl/N-ethyl adjacent to an activating group) is 1. The van der Waals surface area contributed by atoms with E-state index in [2.05, 4.69) is 11.9 Å². The number of allylic oxidation sites excluding steroid dienone is 1.